The average molecular weight is 252 g/mol. The van der Waals surface area contributed by atoms with Gasteiger partial charge in [0.1, 0.15) is 5.82 Å². The SMILES string of the molecule is Cc1nn(C)c(N(C)CC(=O)NC(C)C)c1C=O. The molecule has 0 atom stereocenters. The summed E-state index contributed by atoms with van der Waals surface area (Å²) in [7, 11) is 3.52. The number of anilines is 1. The number of nitrogens with one attached hydrogen (secondary N) is 1. The molecule has 6 heteroatoms. The highest BCUT2D eigenvalue weighted by molar-refractivity contribution is 5.87. The maximum Gasteiger partial charge on any atom is 0.239 e. The third kappa shape index (κ3) is 3.09. The standard InChI is InChI=1S/C12H20N4O2/c1-8(2)13-11(18)6-15(4)12-10(7-17)9(3)14-16(12)5/h7-8H,6H2,1-5H3,(H,13,18). The van der Waals surface area contributed by atoms with Gasteiger partial charge < -0.3 is 10.2 Å². The lowest BCUT2D eigenvalue weighted by atomic mass is 10.2. The lowest BCUT2D eigenvalue weighted by Crippen LogP contribution is -2.39. The second kappa shape index (κ2) is 5.66. The summed E-state index contributed by atoms with van der Waals surface area (Å²) in [6, 6.07) is 0.102. The smallest absolute Gasteiger partial charge is 0.239 e. The molecule has 6 nitrogen and oxygen atoms in total. The number of aromatic nitrogens is 2. The Morgan fingerprint density at radius 3 is 2.67 bits per heavy atom. The predicted molar refractivity (Wildman–Crippen MR) is 69.9 cm³/mol. The van der Waals surface area contributed by atoms with Gasteiger partial charge in [0.05, 0.1) is 17.8 Å². The minimum atomic E-state index is -0.0804. The van der Waals surface area contributed by atoms with Crippen molar-refractivity contribution in [2.75, 3.05) is 18.5 Å². The molecule has 1 amide bonds. The van der Waals surface area contributed by atoms with Crippen LogP contribution in [-0.4, -0.2) is 41.6 Å². The van der Waals surface area contributed by atoms with Gasteiger partial charge in [-0.15, -0.1) is 0 Å². The van der Waals surface area contributed by atoms with Crippen molar-refractivity contribution in [1.82, 2.24) is 15.1 Å². The van der Waals surface area contributed by atoms with Gasteiger partial charge in [0, 0.05) is 20.1 Å². The summed E-state index contributed by atoms with van der Waals surface area (Å²) in [5.41, 5.74) is 1.19. The molecule has 1 rings (SSSR count). The number of hydrogen-bond donors (Lipinski definition) is 1. The molecular weight excluding hydrogens is 232 g/mol. The van der Waals surface area contributed by atoms with E-state index in [4.69, 9.17) is 0 Å². The normalized spacial score (nSPS) is 10.6. The molecule has 0 unspecified atom stereocenters. The highest BCUT2D eigenvalue weighted by Crippen LogP contribution is 2.19. The highest BCUT2D eigenvalue weighted by atomic mass is 16.2. The van der Waals surface area contributed by atoms with E-state index in [2.05, 4.69) is 10.4 Å². The average Bonchev–Trinajstić information content (AvgIpc) is 2.51. The summed E-state index contributed by atoms with van der Waals surface area (Å²) in [5.74, 6) is 0.574. The number of hydrogen-bond acceptors (Lipinski definition) is 4. The molecule has 1 N–H and O–H groups in total. The van der Waals surface area contributed by atoms with Crippen LogP contribution in [0.2, 0.25) is 0 Å². The van der Waals surface area contributed by atoms with Crippen LogP contribution in [0.4, 0.5) is 5.82 Å². The molecule has 0 saturated heterocycles. The number of likely N-dealkylation sites (N-methyl/N-ethyl adjacent to an activating group) is 1. The molecule has 0 radical (unpaired) electrons. The van der Waals surface area contributed by atoms with Gasteiger partial charge in [-0.25, -0.2) is 0 Å². The Morgan fingerprint density at radius 1 is 1.56 bits per heavy atom. The quantitative estimate of drug-likeness (QED) is 0.775. The number of carbonyl (C=O) groups is 2. The molecule has 18 heavy (non-hydrogen) atoms. The van der Waals surface area contributed by atoms with Crippen LogP contribution >= 0.6 is 0 Å². The number of amides is 1. The van der Waals surface area contributed by atoms with E-state index >= 15 is 0 Å². The Morgan fingerprint density at radius 2 is 2.17 bits per heavy atom. The zero-order chi connectivity index (χ0) is 13.9. The number of rotatable bonds is 5. The van der Waals surface area contributed by atoms with Crippen LogP contribution in [0.15, 0.2) is 0 Å². The molecule has 0 aliphatic heterocycles. The van der Waals surface area contributed by atoms with Crippen LogP contribution in [-0.2, 0) is 11.8 Å². The second-order valence-electron chi connectivity index (χ2n) is 4.64. The van der Waals surface area contributed by atoms with Crippen LogP contribution < -0.4 is 10.2 Å². The maximum atomic E-state index is 11.7. The summed E-state index contributed by atoms with van der Waals surface area (Å²) in [6.45, 7) is 5.78. The van der Waals surface area contributed by atoms with E-state index in [0.717, 1.165) is 6.29 Å². The van der Waals surface area contributed by atoms with Gasteiger partial charge in [0.2, 0.25) is 5.91 Å². The molecule has 0 spiro atoms. The van der Waals surface area contributed by atoms with Crippen molar-refractivity contribution in [2.24, 2.45) is 7.05 Å². The highest BCUT2D eigenvalue weighted by Gasteiger charge is 2.18. The Labute approximate surface area is 107 Å². The molecule has 1 aromatic rings. The fourth-order valence-corrected chi connectivity index (χ4v) is 1.91. The van der Waals surface area contributed by atoms with E-state index < -0.39 is 0 Å². The second-order valence-corrected chi connectivity index (χ2v) is 4.64. The summed E-state index contributed by atoms with van der Waals surface area (Å²) >= 11 is 0. The summed E-state index contributed by atoms with van der Waals surface area (Å²) < 4.78 is 1.61. The van der Waals surface area contributed by atoms with Crippen molar-refractivity contribution in [3.8, 4) is 0 Å². The fraction of sp³-hybridized carbons (Fsp3) is 0.583. The van der Waals surface area contributed by atoms with Crippen molar-refractivity contribution in [1.29, 1.82) is 0 Å². The molecule has 0 aliphatic rings. The lowest BCUT2D eigenvalue weighted by Gasteiger charge is -2.20. The number of aldehydes is 1. The molecule has 0 aromatic carbocycles. The molecule has 1 aromatic heterocycles. The van der Waals surface area contributed by atoms with E-state index in [1.165, 1.54) is 0 Å². The van der Waals surface area contributed by atoms with Crippen molar-refractivity contribution in [3.05, 3.63) is 11.3 Å². The first-order valence-corrected chi connectivity index (χ1v) is 5.86. The molecular formula is C12H20N4O2. The van der Waals surface area contributed by atoms with Gasteiger partial charge in [-0.1, -0.05) is 0 Å². The van der Waals surface area contributed by atoms with E-state index in [1.807, 2.05) is 13.8 Å². The molecule has 0 fully saturated rings. The predicted octanol–water partition coefficient (Wildman–Crippen LogP) is 0.502. The third-order valence-corrected chi connectivity index (χ3v) is 2.55. The van der Waals surface area contributed by atoms with Gasteiger partial charge in [-0.05, 0) is 20.8 Å². The van der Waals surface area contributed by atoms with Crippen molar-refractivity contribution in [3.63, 3.8) is 0 Å². The monoisotopic (exact) mass is 252 g/mol. The zero-order valence-electron chi connectivity index (χ0n) is 11.5. The van der Waals surface area contributed by atoms with E-state index in [-0.39, 0.29) is 18.5 Å². The number of carbonyl (C=O) groups excluding carboxylic acids is 2. The summed E-state index contributed by atoms with van der Waals surface area (Å²) in [4.78, 5) is 24.5. The van der Waals surface area contributed by atoms with E-state index in [9.17, 15) is 9.59 Å². The minimum absolute atomic E-state index is 0.0804. The van der Waals surface area contributed by atoms with Crippen LogP contribution in [0, 0.1) is 6.92 Å². The summed E-state index contributed by atoms with van der Waals surface area (Å²) in [5, 5.41) is 6.99. The number of aryl methyl sites for hydroxylation is 2. The van der Waals surface area contributed by atoms with E-state index in [1.54, 1.807) is 30.6 Å². The molecule has 100 valence electrons. The Kier molecular flexibility index (Phi) is 4.47. The largest absolute Gasteiger partial charge is 0.352 e. The first kappa shape index (κ1) is 14.2. The maximum absolute atomic E-state index is 11.7. The number of nitrogens with zero attached hydrogens (tertiary/aromatic N) is 3. The fourth-order valence-electron chi connectivity index (χ4n) is 1.91. The Balaban J connectivity index is 2.87. The molecule has 0 saturated carbocycles. The first-order chi connectivity index (χ1) is 8.36. The van der Waals surface area contributed by atoms with Gasteiger partial charge in [-0.2, -0.15) is 5.10 Å². The Bertz CT molecular complexity index is 451. The van der Waals surface area contributed by atoms with Crippen LogP contribution in [0.3, 0.4) is 0 Å². The molecule has 1 heterocycles. The van der Waals surface area contributed by atoms with Crippen molar-refractivity contribution >= 4 is 18.0 Å². The third-order valence-electron chi connectivity index (χ3n) is 2.55. The van der Waals surface area contributed by atoms with Crippen LogP contribution in [0.5, 0.6) is 0 Å². The molecule has 0 aliphatic carbocycles. The first-order valence-electron chi connectivity index (χ1n) is 5.86. The van der Waals surface area contributed by atoms with Crippen molar-refractivity contribution < 1.29 is 9.59 Å². The lowest BCUT2D eigenvalue weighted by molar-refractivity contribution is -0.120. The van der Waals surface area contributed by atoms with Crippen molar-refractivity contribution in [2.45, 2.75) is 26.8 Å². The zero-order valence-corrected chi connectivity index (χ0v) is 11.5. The van der Waals surface area contributed by atoms with Crippen LogP contribution in [0.25, 0.3) is 0 Å². The van der Waals surface area contributed by atoms with Gasteiger partial charge in [-0.3, -0.25) is 14.3 Å². The Hall–Kier alpha value is -1.85. The van der Waals surface area contributed by atoms with Crippen LogP contribution in [0.1, 0.15) is 29.9 Å². The minimum Gasteiger partial charge on any atom is -0.352 e. The van der Waals surface area contributed by atoms with Gasteiger partial charge in [0.25, 0.3) is 0 Å². The summed E-state index contributed by atoms with van der Waals surface area (Å²) in [6.07, 6.45) is 0.772. The van der Waals surface area contributed by atoms with Gasteiger partial charge in [0.15, 0.2) is 6.29 Å². The topological polar surface area (TPSA) is 67.2 Å². The molecule has 0 bridgehead atoms. The van der Waals surface area contributed by atoms with Gasteiger partial charge >= 0.3 is 0 Å². The van der Waals surface area contributed by atoms with E-state index in [0.29, 0.717) is 17.1 Å².